The number of sulfone groups is 1. The molecule has 0 radical (unpaired) electrons. The van der Waals surface area contributed by atoms with Crippen molar-refractivity contribution >= 4 is 38.2 Å². The monoisotopic (exact) mass is 356 g/mol. The van der Waals surface area contributed by atoms with Crippen LogP contribution in [0.3, 0.4) is 0 Å². The minimum Gasteiger partial charge on any atom is -0.292 e. The molecule has 0 heterocycles. The van der Waals surface area contributed by atoms with Gasteiger partial charge < -0.3 is 0 Å². The van der Waals surface area contributed by atoms with Gasteiger partial charge in [0, 0.05) is 5.75 Å². The van der Waals surface area contributed by atoms with Crippen molar-refractivity contribution in [2.24, 2.45) is 0 Å². The van der Waals surface area contributed by atoms with E-state index in [0.717, 1.165) is 6.07 Å². The van der Waals surface area contributed by atoms with Crippen molar-refractivity contribution in [2.45, 2.75) is 10.2 Å². The standard InChI is InChI=1S/C10H10FIO3S/c1-2-16(14,15)10(12)9(13)7-5-3-4-6-8(7)11/h3-6,10H,2H2,1H3/t10-/m1/s1. The van der Waals surface area contributed by atoms with Crippen LogP contribution in [-0.4, -0.2) is 23.2 Å². The van der Waals surface area contributed by atoms with Crippen molar-refractivity contribution < 1.29 is 17.6 Å². The van der Waals surface area contributed by atoms with Gasteiger partial charge in [0.1, 0.15) is 5.82 Å². The number of rotatable bonds is 4. The van der Waals surface area contributed by atoms with Crippen LogP contribution in [0.5, 0.6) is 0 Å². The fourth-order valence-electron chi connectivity index (χ4n) is 1.09. The van der Waals surface area contributed by atoms with Gasteiger partial charge in [0.2, 0.25) is 0 Å². The molecule has 0 aliphatic rings. The fourth-order valence-corrected chi connectivity index (χ4v) is 3.25. The summed E-state index contributed by atoms with van der Waals surface area (Å²) in [5.41, 5.74) is -0.182. The lowest BCUT2D eigenvalue weighted by atomic mass is 10.1. The van der Waals surface area contributed by atoms with Crippen molar-refractivity contribution in [3.8, 4) is 0 Å². The lowest BCUT2D eigenvalue weighted by molar-refractivity contribution is 0.101. The van der Waals surface area contributed by atoms with Crippen molar-refractivity contribution in [3.05, 3.63) is 35.6 Å². The van der Waals surface area contributed by atoms with Crippen LogP contribution in [0.2, 0.25) is 0 Å². The van der Waals surface area contributed by atoms with Gasteiger partial charge in [-0.25, -0.2) is 12.8 Å². The van der Waals surface area contributed by atoms with E-state index in [4.69, 9.17) is 0 Å². The topological polar surface area (TPSA) is 51.2 Å². The van der Waals surface area contributed by atoms with Gasteiger partial charge in [-0.2, -0.15) is 0 Å². The summed E-state index contributed by atoms with van der Waals surface area (Å²) < 4.78 is 35.0. The molecule has 0 aliphatic heterocycles. The summed E-state index contributed by atoms with van der Waals surface area (Å²) in [7, 11) is -3.49. The maximum atomic E-state index is 13.3. The predicted molar refractivity (Wildman–Crippen MR) is 68.0 cm³/mol. The number of carbonyl (C=O) groups is 1. The zero-order valence-electron chi connectivity index (χ0n) is 8.48. The Morgan fingerprint density at radius 1 is 1.44 bits per heavy atom. The molecule has 0 saturated heterocycles. The molecule has 1 rings (SSSR count). The second-order valence-corrected chi connectivity index (χ2v) is 7.58. The number of hydrogen-bond donors (Lipinski definition) is 0. The van der Waals surface area contributed by atoms with E-state index >= 15 is 0 Å². The molecular formula is C10H10FIO3S. The molecule has 0 spiro atoms. The number of alkyl halides is 1. The maximum absolute atomic E-state index is 13.3. The number of halogens is 2. The van der Waals surface area contributed by atoms with E-state index in [9.17, 15) is 17.6 Å². The molecule has 0 unspecified atom stereocenters. The van der Waals surface area contributed by atoms with Crippen LogP contribution < -0.4 is 0 Å². The van der Waals surface area contributed by atoms with E-state index in [0.29, 0.717) is 0 Å². The highest BCUT2D eigenvalue weighted by molar-refractivity contribution is 14.1. The van der Waals surface area contributed by atoms with E-state index in [1.807, 2.05) is 0 Å². The maximum Gasteiger partial charge on any atom is 0.193 e. The average molecular weight is 356 g/mol. The van der Waals surface area contributed by atoms with Crippen molar-refractivity contribution in [2.75, 3.05) is 5.75 Å². The molecule has 1 atom stereocenters. The molecule has 3 nitrogen and oxygen atoms in total. The summed E-state index contributed by atoms with van der Waals surface area (Å²) in [6, 6.07) is 5.37. The summed E-state index contributed by atoms with van der Waals surface area (Å²) in [6.45, 7) is 1.45. The van der Waals surface area contributed by atoms with E-state index in [1.54, 1.807) is 0 Å². The molecule has 1 aromatic carbocycles. The number of ketones is 1. The average Bonchev–Trinajstić information content (AvgIpc) is 2.27. The van der Waals surface area contributed by atoms with Gasteiger partial charge in [-0.15, -0.1) is 0 Å². The van der Waals surface area contributed by atoms with Crippen molar-refractivity contribution in [1.82, 2.24) is 0 Å². The zero-order chi connectivity index (χ0) is 12.3. The van der Waals surface area contributed by atoms with Gasteiger partial charge >= 0.3 is 0 Å². The van der Waals surface area contributed by atoms with Crippen LogP contribution in [0.4, 0.5) is 4.39 Å². The SMILES string of the molecule is CCS(=O)(=O)[C@@H](I)C(=O)c1ccccc1F. The Kier molecular flexibility index (Phi) is 4.43. The predicted octanol–water partition coefficient (Wildman–Crippen LogP) is 2.20. The Bertz CT molecular complexity index is 499. The molecule has 0 N–H and O–H groups in total. The molecule has 1 aromatic rings. The molecule has 88 valence electrons. The van der Waals surface area contributed by atoms with Crippen molar-refractivity contribution in [3.63, 3.8) is 0 Å². The zero-order valence-corrected chi connectivity index (χ0v) is 11.5. The molecule has 6 heteroatoms. The highest BCUT2D eigenvalue weighted by Crippen LogP contribution is 2.19. The first-order valence-corrected chi connectivity index (χ1v) is 7.50. The molecule has 0 bridgehead atoms. The fraction of sp³-hybridized carbons (Fsp3) is 0.300. The van der Waals surface area contributed by atoms with Crippen LogP contribution in [-0.2, 0) is 9.84 Å². The highest BCUT2D eigenvalue weighted by atomic mass is 127. The summed E-state index contributed by atoms with van der Waals surface area (Å²) in [6.07, 6.45) is 0. The summed E-state index contributed by atoms with van der Waals surface area (Å²) in [4.78, 5) is 11.7. The van der Waals surface area contributed by atoms with Gasteiger partial charge in [0.15, 0.2) is 18.9 Å². The van der Waals surface area contributed by atoms with E-state index < -0.39 is 24.7 Å². The third kappa shape index (κ3) is 2.79. The van der Waals surface area contributed by atoms with Crippen LogP contribution in [0.1, 0.15) is 17.3 Å². The van der Waals surface area contributed by atoms with Crippen LogP contribution in [0.25, 0.3) is 0 Å². The third-order valence-corrected chi connectivity index (χ3v) is 6.60. The van der Waals surface area contributed by atoms with E-state index in [-0.39, 0.29) is 11.3 Å². The van der Waals surface area contributed by atoms with Gasteiger partial charge in [-0.05, 0) is 12.1 Å². The van der Waals surface area contributed by atoms with E-state index in [1.165, 1.54) is 47.7 Å². The largest absolute Gasteiger partial charge is 0.292 e. The lowest BCUT2D eigenvalue weighted by Crippen LogP contribution is -2.26. The Morgan fingerprint density at radius 2 is 2.00 bits per heavy atom. The van der Waals surface area contributed by atoms with Gasteiger partial charge in [-0.1, -0.05) is 41.6 Å². The Balaban J connectivity index is 3.10. The first-order valence-electron chi connectivity index (χ1n) is 4.54. The third-order valence-electron chi connectivity index (χ3n) is 2.06. The molecule has 16 heavy (non-hydrogen) atoms. The summed E-state index contributed by atoms with van der Waals surface area (Å²) in [5.74, 6) is -1.54. The van der Waals surface area contributed by atoms with Crippen LogP contribution in [0.15, 0.2) is 24.3 Å². The molecule has 0 aromatic heterocycles. The van der Waals surface area contributed by atoms with Crippen molar-refractivity contribution in [1.29, 1.82) is 0 Å². The normalized spacial score (nSPS) is 13.4. The molecule has 0 aliphatic carbocycles. The molecule has 0 saturated carbocycles. The number of carbonyl (C=O) groups excluding carboxylic acids is 1. The quantitative estimate of drug-likeness (QED) is 0.472. The Morgan fingerprint density at radius 3 is 2.50 bits per heavy atom. The number of Topliss-reactive ketones (excluding diaryl/α,β-unsaturated/α-hetero) is 1. The summed E-state index contributed by atoms with van der Waals surface area (Å²) in [5, 5.41) is 0. The first-order chi connectivity index (χ1) is 7.40. The Hall–Kier alpha value is -0.500. The highest BCUT2D eigenvalue weighted by Gasteiger charge is 2.30. The molecule has 0 amide bonds. The molecule has 0 fully saturated rings. The van der Waals surface area contributed by atoms with E-state index in [2.05, 4.69) is 0 Å². The second-order valence-electron chi connectivity index (χ2n) is 3.11. The minimum atomic E-state index is -3.49. The first kappa shape index (κ1) is 13.6. The smallest absolute Gasteiger partial charge is 0.193 e. The second kappa shape index (κ2) is 5.22. The van der Waals surface area contributed by atoms with Gasteiger partial charge in [0.05, 0.1) is 5.56 Å². The Labute approximate surface area is 107 Å². The lowest BCUT2D eigenvalue weighted by Gasteiger charge is -2.09. The van der Waals surface area contributed by atoms with Gasteiger partial charge in [0.25, 0.3) is 0 Å². The number of hydrogen-bond acceptors (Lipinski definition) is 3. The van der Waals surface area contributed by atoms with Crippen LogP contribution >= 0.6 is 22.6 Å². The summed E-state index contributed by atoms with van der Waals surface area (Å²) >= 11 is 1.53. The van der Waals surface area contributed by atoms with Gasteiger partial charge in [-0.3, -0.25) is 4.79 Å². The van der Waals surface area contributed by atoms with Crippen LogP contribution in [0, 0.1) is 5.82 Å². The minimum absolute atomic E-state index is 0.138. The number of benzene rings is 1. The molecular weight excluding hydrogens is 346 g/mol.